The summed E-state index contributed by atoms with van der Waals surface area (Å²) >= 11 is 5.91. The van der Waals surface area contributed by atoms with Gasteiger partial charge in [0.15, 0.2) is 0 Å². The summed E-state index contributed by atoms with van der Waals surface area (Å²) in [6.07, 6.45) is 2.66. The summed E-state index contributed by atoms with van der Waals surface area (Å²) in [5, 5.41) is 4.11. The number of aromatic amines is 1. The van der Waals surface area contributed by atoms with E-state index in [1.165, 1.54) is 31.4 Å². The number of amides is 1. The number of hydrogen-bond acceptors (Lipinski definition) is 5. The van der Waals surface area contributed by atoms with Gasteiger partial charge >= 0.3 is 5.97 Å². The third-order valence-corrected chi connectivity index (χ3v) is 7.64. The van der Waals surface area contributed by atoms with Gasteiger partial charge in [0.2, 0.25) is 15.9 Å². The number of rotatable bonds is 10. The second-order valence-corrected chi connectivity index (χ2v) is 10.6. The number of fused-ring (bicyclic) bond motifs is 1. The Morgan fingerprint density at radius 3 is 2.41 bits per heavy atom. The normalized spacial score (nSPS) is 12.3. The lowest BCUT2D eigenvalue weighted by atomic mass is 10.0. The summed E-state index contributed by atoms with van der Waals surface area (Å²) in [4.78, 5) is 27.9. The molecular formula is C27H26ClN3O5S. The fourth-order valence-corrected chi connectivity index (χ4v) is 5.23. The molecule has 37 heavy (non-hydrogen) atoms. The van der Waals surface area contributed by atoms with Gasteiger partial charge in [-0.2, -0.15) is 4.72 Å². The van der Waals surface area contributed by atoms with Crippen LogP contribution in [0.5, 0.6) is 0 Å². The highest BCUT2D eigenvalue weighted by Crippen LogP contribution is 2.21. The van der Waals surface area contributed by atoms with E-state index in [4.69, 9.17) is 11.6 Å². The Morgan fingerprint density at radius 1 is 1.00 bits per heavy atom. The number of H-pyrrole nitrogens is 1. The Morgan fingerprint density at radius 2 is 1.70 bits per heavy atom. The first-order chi connectivity index (χ1) is 17.7. The first-order valence-electron chi connectivity index (χ1n) is 11.5. The van der Waals surface area contributed by atoms with Crippen LogP contribution in [0.3, 0.4) is 0 Å². The minimum absolute atomic E-state index is 0.00332. The van der Waals surface area contributed by atoms with Crippen LogP contribution >= 0.6 is 11.6 Å². The molecule has 3 N–H and O–H groups in total. The summed E-state index contributed by atoms with van der Waals surface area (Å²) in [5.41, 5.74) is 3.09. The molecule has 1 atom stereocenters. The lowest BCUT2D eigenvalue weighted by Gasteiger charge is -2.19. The standard InChI is InChI=1S/C27H26ClN3O5S/c1-36-26(32)15-8-18-6-11-21(12-7-18)30-27(33)25(16-19-17-29-24-5-3-2-4-23(19)24)31-37(34,35)22-13-9-20(28)10-14-22/h2-7,9-14,17,25,29,31H,8,15-16H2,1H3,(H,30,33)/t25-/m0/s1. The molecule has 0 saturated carbocycles. The van der Waals surface area contributed by atoms with Crippen LogP contribution in [0.1, 0.15) is 17.5 Å². The third kappa shape index (κ3) is 6.76. The van der Waals surface area contributed by atoms with Crippen molar-refractivity contribution in [2.75, 3.05) is 12.4 Å². The number of carbonyl (C=O) groups is 2. The number of sulfonamides is 1. The molecule has 3 aromatic carbocycles. The number of ether oxygens (including phenoxy) is 1. The molecule has 1 amide bonds. The van der Waals surface area contributed by atoms with Crippen molar-refractivity contribution in [3.63, 3.8) is 0 Å². The number of benzene rings is 3. The van der Waals surface area contributed by atoms with Crippen LogP contribution in [0.4, 0.5) is 5.69 Å². The largest absolute Gasteiger partial charge is 0.469 e. The molecule has 0 radical (unpaired) electrons. The number of esters is 1. The first kappa shape index (κ1) is 26.4. The molecule has 0 saturated heterocycles. The van der Waals surface area contributed by atoms with Crippen LogP contribution in [-0.2, 0) is 37.2 Å². The minimum atomic E-state index is -4.02. The summed E-state index contributed by atoms with van der Waals surface area (Å²) in [7, 11) is -2.68. The Bertz CT molecular complexity index is 1500. The zero-order valence-electron chi connectivity index (χ0n) is 20.0. The number of anilines is 1. The maximum absolute atomic E-state index is 13.3. The van der Waals surface area contributed by atoms with Crippen molar-refractivity contribution in [2.45, 2.75) is 30.2 Å². The van der Waals surface area contributed by atoms with E-state index >= 15 is 0 Å². The van der Waals surface area contributed by atoms with Gasteiger partial charge < -0.3 is 15.0 Å². The number of methoxy groups -OCH3 is 1. The van der Waals surface area contributed by atoms with E-state index in [0.717, 1.165) is 22.0 Å². The van der Waals surface area contributed by atoms with Crippen LogP contribution in [-0.4, -0.2) is 38.4 Å². The lowest BCUT2D eigenvalue weighted by Crippen LogP contribution is -2.45. The van der Waals surface area contributed by atoms with Crippen LogP contribution < -0.4 is 10.0 Å². The van der Waals surface area contributed by atoms with Gasteiger partial charge in [-0.3, -0.25) is 9.59 Å². The molecular weight excluding hydrogens is 514 g/mol. The summed E-state index contributed by atoms with van der Waals surface area (Å²) in [6.45, 7) is 0. The van der Waals surface area contributed by atoms with E-state index in [1.807, 2.05) is 24.3 Å². The van der Waals surface area contributed by atoms with E-state index in [-0.39, 0.29) is 23.7 Å². The maximum atomic E-state index is 13.3. The van der Waals surface area contributed by atoms with Crippen LogP contribution in [0, 0.1) is 0 Å². The average molecular weight is 540 g/mol. The average Bonchev–Trinajstić information content (AvgIpc) is 3.30. The highest BCUT2D eigenvalue weighted by molar-refractivity contribution is 7.89. The monoisotopic (exact) mass is 539 g/mol. The Kier molecular flexibility index (Phi) is 8.27. The third-order valence-electron chi connectivity index (χ3n) is 5.90. The molecule has 4 aromatic rings. The van der Waals surface area contributed by atoms with Gasteiger partial charge in [0.1, 0.15) is 6.04 Å². The second-order valence-electron chi connectivity index (χ2n) is 8.45. The number of nitrogens with one attached hydrogen (secondary N) is 3. The van der Waals surface area contributed by atoms with Crippen molar-refractivity contribution in [1.29, 1.82) is 0 Å². The molecule has 4 rings (SSSR count). The smallest absolute Gasteiger partial charge is 0.305 e. The number of carbonyl (C=O) groups excluding carboxylic acids is 2. The number of aryl methyl sites for hydroxylation is 1. The molecule has 8 nitrogen and oxygen atoms in total. The van der Waals surface area contributed by atoms with Crippen molar-refractivity contribution in [3.8, 4) is 0 Å². The van der Waals surface area contributed by atoms with E-state index < -0.39 is 22.0 Å². The quantitative estimate of drug-likeness (QED) is 0.257. The molecule has 0 aliphatic heterocycles. The van der Waals surface area contributed by atoms with Gasteiger partial charge in [-0.05, 0) is 66.4 Å². The van der Waals surface area contributed by atoms with E-state index in [2.05, 4.69) is 19.8 Å². The van der Waals surface area contributed by atoms with Crippen LogP contribution in [0.2, 0.25) is 5.02 Å². The molecule has 10 heteroatoms. The van der Waals surface area contributed by atoms with Crippen molar-refractivity contribution >= 4 is 50.1 Å². The Hall–Kier alpha value is -3.66. The summed E-state index contributed by atoms with van der Waals surface area (Å²) in [6, 6.07) is 19.2. The van der Waals surface area contributed by atoms with Crippen molar-refractivity contribution in [2.24, 2.45) is 0 Å². The molecule has 1 aromatic heterocycles. The van der Waals surface area contributed by atoms with Gasteiger partial charge in [0.05, 0.1) is 12.0 Å². The van der Waals surface area contributed by atoms with E-state index in [0.29, 0.717) is 17.1 Å². The number of aromatic nitrogens is 1. The Balaban J connectivity index is 1.55. The molecule has 0 fully saturated rings. The maximum Gasteiger partial charge on any atom is 0.305 e. The summed E-state index contributed by atoms with van der Waals surface area (Å²) in [5.74, 6) is -0.810. The molecule has 192 valence electrons. The van der Waals surface area contributed by atoms with Gasteiger partial charge in [-0.25, -0.2) is 8.42 Å². The first-order valence-corrected chi connectivity index (χ1v) is 13.4. The van der Waals surface area contributed by atoms with Gasteiger partial charge in [-0.15, -0.1) is 0 Å². The predicted molar refractivity (Wildman–Crippen MR) is 143 cm³/mol. The van der Waals surface area contributed by atoms with Crippen molar-refractivity contribution < 1.29 is 22.7 Å². The molecule has 0 aliphatic rings. The zero-order chi connectivity index (χ0) is 26.4. The highest BCUT2D eigenvalue weighted by Gasteiger charge is 2.27. The predicted octanol–water partition coefficient (Wildman–Crippen LogP) is 4.46. The summed E-state index contributed by atoms with van der Waals surface area (Å²) < 4.78 is 33.5. The fraction of sp³-hybridized carbons (Fsp3) is 0.185. The number of para-hydroxylation sites is 1. The highest BCUT2D eigenvalue weighted by atomic mass is 35.5. The molecule has 0 unspecified atom stereocenters. The lowest BCUT2D eigenvalue weighted by molar-refractivity contribution is -0.140. The van der Waals surface area contributed by atoms with Crippen molar-refractivity contribution in [3.05, 3.63) is 95.1 Å². The second kappa shape index (κ2) is 11.6. The number of hydrogen-bond donors (Lipinski definition) is 3. The van der Waals surface area contributed by atoms with E-state index in [1.54, 1.807) is 30.5 Å². The van der Waals surface area contributed by atoms with Crippen LogP contribution in [0.15, 0.2) is 83.9 Å². The van der Waals surface area contributed by atoms with Gasteiger partial charge in [-0.1, -0.05) is 41.9 Å². The topological polar surface area (TPSA) is 117 Å². The Labute approximate surface area is 220 Å². The molecule has 0 spiro atoms. The molecule has 0 bridgehead atoms. The van der Waals surface area contributed by atoms with Crippen LogP contribution in [0.25, 0.3) is 10.9 Å². The zero-order valence-corrected chi connectivity index (χ0v) is 21.6. The SMILES string of the molecule is COC(=O)CCc1ccc(NC(=O)[C@H](Cc2c[nH]c3ccccc23)NS(=O)(=O)c2ccc(Cl)cc2)cc1. The van der Waals surface area contributed by atoms with Gasteiger partial charge in [0.25, 0.3) is 0 Å². The van der Waals surface area contributed by atoms with Crippen molar-refractivity contribution in [1.82, 2.24) is 9.71 Å². The number of halogens is 1. The fourth-order valence-electron chi connectivity index (χ4n) is 3.91. The minimum Gasteiger partial charge on any atom is -0.469 e. The molecule has 0 aliphatic carbocycles. The molecule has 1 heterocycles. The van der Waals surface area contributed by atoms with Gasteiger partial charge in [0, 0.05) is 34.2 Å². The van der Waals surface area contributed by atoms with E-state index in [9.17, 15) is 18.0 Å².